The van der Waals surface area contributed by atoms with Gasteiger partial charge in [-0.1, -0.05) is 24.3 Å². The van der Waals surface area contributed by atoms with E-state index in [1.165, 1.54) is 41.5 Å². The van der Waals surface area contributed by atoms with Crippen LogP contribution in [0.3, 0.4) is 0 Å². The van der Waals surface area contributed by atoms with Crippen molar-refractivity contribution in [2.45, 2.75) is 25.8 Å². The molecule has 20 heavy (non-hydrogen) atoms. The van der Waals surface area contributed by atoms with Crippen molar-refractivity contribution in [3.63, 3.8) is 0 Å². The van der Waals surface area contributed by atoms with E-state index >= 15 is 0 Å². The fourth-order valence-electron chi connectivity index (χ4n) is 2.99. The Balaban J connectivity index is 1.52. The Morgan fingerprint density at radius 1 is 0.950 bits per heavy atom. The van der Waals surface area contributed by atoms with Gasteiger partial charge < -0.3 is 9.73 Å². The summed E-state index contributed by atoms with van der Waals surface area (Å²) in [5.41, 5.74) is 5.16. The van der Waals surface area contributed by atoms with Crippen LogP contribution in [0.15, 0.2) is 52.9 Å². The predicted octanol–water partition coefficient (Wildman–Crippen LogP) is 4.53. The number of hydrogen-bond acceptors (Lipinski definition) is 2. The summed E-state index contributed by atoms with van der Waals surface area (Å²) in [7, 11) is 0. The molecule has 2 heteroatoms. The van der Waals surface area contributed by atoms with Gasteiger partial charge >= 0.3 is 0 Å². The molecule has 0 atom stereocenters. The number of aryl methyl sites for hydroxylation is 2. The first-order chi connectivity index (χ1) is 9.88. The topological polar surface area (TPSA) is 25.2 Å². The number of benzene rings is 2. The molecule has 0 aliphatic heterocycles. The van der Waals surface area contributed by atoms with Crippen molar-refractivity contribution in [3.05, 3.63) is 65.4 Å². The van der Waals surface area contributed by atoms with Gasteiger partial charge in [0.1, 0.15) is 11.3 Å². The van der Waals surface area contributed by atoms with Gasteiger partial charge in [0.15, 0.2) is 0 Å². The van der Waals surface area contributed by atoms with Crippen LogP contribution in [0.25, 0.3) is 11.0 Å². The van der Waals surface area contributed by atoms with Crippen LogP contribution in [0.2, 0.25) is 0 Å². The lowest BCUT2D eigenvalue weighted by Crippen LogP contribution is -1.98. The second kappa shape index (κ2) is 4.71. The minimum atomic E-state index is 0.730. The molecular weight excluding hydrogens is 246 g/mol. The van der Waals surface area contributed by atoms with Gasteiger partial charge in [-0.2, -0.15) is 0 Å². The SMILES string of the molecule is c1ccc2oc(CNc3ccc4c(c3)CCC4)cc2c1. The summed E-state index contributed by atoms with van der Waals surface area (Å²) in [5.74, 6) is 0.978. The van der Waals surface area contributed by atoms with E-state index in [1.807, 2.05) is 18.2 Å². The minimum Gasteiger partial charge on any atom is -0.459 e. The molecule has 1 N–H and O–H groups in total. The molecule has 3 aromatic rings. The van der Waals surface area contributed by atoms with E-state index in [4.69, 9.17) is 4.42 Å². The lowest BCUT2D eigenvalue weighted by atomic mass is 10.1. The van der Waals surface area contributed by atoms with E-state index in [0.717, 1.165) is 17.9 Å². The van der Waals surface area contributed by atoms with E-state index < -0.39 is 0 Å². The molecular formula is C18H17NO. The van der Waals surface area contributed by atoms with Crippen molar-refractivity contribution >= 4 is 16.7 Å². The lowest BCUT2D eigenvalue weighted by molar-refractivity contribution is 0.559. The molecule has 0 unspecified atom stereocenters. The highest BCUT2D eigenvalue weighted by Gasteiger charge is 2.10. The Labute approximate surface area is 118 Å². The average Bonchev–Trinajstić information content (AvgIpc) is 3.10. The Hall–Kier alpha value is -2.22. The van der Waals surface area contributed by atoms with Gasteiger partial charge in [-0.15, -0.1) is 0 Å². The smallest absolute Gasteiger partial charge is 0.134 e. The fourth-order valence-corrected chi connectivity index (χ4v) is 2.99. The van der Waals surface area contributed by atoms with Gasteiger partial charge in [0.05, 0.1) is 6.54 Å². The molecule has 0 bridgehead atoms. The lowest BCUT2D eigenvalue weighted by Gasteiger charge is -2.06. The fraction of sp³-hybridized carbons (Fsp3) is 0.222. The predicted molar refractivity (Wildman–Crippen MR) is 82.0 cm³/mol. The Kier molecular flexibility index (Phi) is 2.73. The van der Waals surface area contributed by atoms with Gasteiger partial charge in [-0.25, -0.2) is 0 Å². The van der Waals surface area contributed by atoms with E-state index in [2.05, 4.69) is 35.6 Å². The second-order valence-electron chi connectivity index (χ2n) is 5.44. The molecule has 4 rings (SSSR count). The van der Waals surface area contributed by atoms with Crippen molar-refractivity contribution in [1.82, 2.24) is 0 Å². The molecule has 1 aliphatic carbocycles. The Morgan fingerprint density at radius 2 is 1.85 bits per heavy atom. The summed E-state index contributed by atoms with van der Waals surface area (Å²) in [6, 6.07) is 16.9. The third-order valence-corrected chi connectivity index (χ3v) is 4.04. The first-order valence-corrected chi connectivity index (χ1v) is 7.22. The highest BCUT2D eigenvalue weighted by Crippen LogP contribution is 2.25. The number of furan rings is 1. The van der Waals surface area contributed by atoms with Gasteiger partial charge in [0.2, 0.25) is 0 Å². The van der Waals surface area contributed by atoms with Crippen LogP contribution in [0, 0.1) is 0 Å². The molecule has 0 amide bonds. The quantitative estimate of drug-likeness (QED) is 0.750. The number of nitrogens with one attached hydrogen (secondary N) is 1. The summed E-state index contributed by atoms with van der Waals surface area (Å²) in [5, 5.41) is 4.62. The van der Waals surface area contributed by atoms with Gasteiger partial charge in [0, 0.05) is 11.1 Å². The van der Waals surface area contributed by atoms with Crippen LogP contribution in [0.5, 0.6) is 0 Å². The van der Waals surface area contributed by atoms with Crippen molar-refractivity contribution in [2.75, 3.05) is 5.32 Å². The molecule has 1 aromatic heterocycles. The first-order valence-electron chi connectivity index (χ1n) is 7.22. The first kappa shape index (κ1) is 11.6. The van der Waals surface area contributed by atoms with Crippen molar-refractivity contribution in [1.29, 1.82) is 0 Å². The number of fused-ring (bicyclic) bond motifs is 2. The molecule has 0 fully saturated rings. The standard InChI is InChI=1S/C18H17NO/c1-2-7-18-15(4-1)11-17(20-18)12-19-16-9-8-13-5-3-6-14(13)10-16/h1-2,4,7-11,19H,3,5-6,12H2. The van der Waals surface area contributed by atoms with E-state index in [0.29, 0.717) is 0 Å². The van der Waals surface area contributed by atoms with Gasteiger partial charge in [0.25, 0.3) is 0 Å². The molecule has 1 aliphatic rings. The molecule has 0 saturated heterocycles. The maximum absolute atomic E-state index is 5.82. The van der Waals surface area contributed by atoms with Crippen LogP contribution in [0.4, 0.5) is 5.69 Å². The van der Waals surface area contributed by atoms with Crippen LogP contribution < -0.4 is 5.32 Å². The Bertz CT molecular complexity index is 724. The largest absolute Gasteiger partial charge is 0.459 e. The van der Waals surface area contributed by atoms with Gasteiger partial charge in [-0.3, -0.25) is 0 Å². The van der Waals surface area contributed by atoms with E-state index in [9.17, 15) is 0 Å². The molecule has 1 heterocycles. The highest BCUT2D eigenvalue weighted by molar-refractivity contribution is 5.77. The maximum atomic E-state index is 5.82. The highest BCUT2D eigenvalue weighted by atomic mass is 16.3. The van der Waals surface area contributed by atoms with Crippen molar-refractivity contribution in [2.24, 2.45) is 0 Å². The van der Waals surface area contributed by atoms with Crippen molar-refractivity contribution < 1.29 is 4.42 Å². The maximum Gasteiger partial charge on any atom is 0.134 e. The van der Waals surface area contributed by atoms with Crippen LogP contribution >= 0.6 is 0 Å². The van der Waals surface area contributed by atoms with Crippen LogP contribution in [0.1, 0.15) is 23.3 Å². The monoisotopic (exact) mass is 263 g/mol. The number of rotatable bonds is 3. The zero-order valence-electron chi connectivity index (χ0n) is 11.4. The number of anilines is 1. The summed E-state index contributed by atoms with van der Waals surface area (Å²) >= 11 is 0. The molecule has 2 aromatic carbocycles. The second-order valence-corrected chi connectivity index (χ2v) is 5.44. The number of hydrogen-bond donors (Lipinski definition) is 1. The summed E-state index contributed by atoms with van der Waals surface area (Å²) in [4.78, 5) is 0. The zero-order chi connectivity index (χ0) is 13.4. The zero-order valence-corrected chi connectivity index (χ0v) is 11.4. The normalized spacial score (nSPS) is 13.6. The summed E-state index contributed by atoms with van der Waals surface area (Å²) in [6.45, 7) is 0.730. The number of para-hydroxylation sites is 1. The average molecular weight is 263 g/mol. The third-order valence-electron chi connectivity index (χ3n) is 4.04. The van der Waals surface area contributed by atoms with Crippen LogP contribution in [-0.4, -0.2) is 0 Å². The van der Waals surface area contributed by atoms with Crippen molar-refractivity contribution in [3.8, 4) is 0 Å². The molecule has 2 nitrogen and oxygen atoms in total. The van der Waals surface area contributed by atoms with Crippen LogP contribution in [-0.2, 0) is 19.4 Å². The van der Waals surface area contributed by atoms with Gasteiger partial charge in [-0.05, 0) is 54.7 Å². The molecule has 0 radical (unpaired) electrons. The third kappa shape index (κ3) is 2.07. The molecule has 0 spiro atoms. The summed E-state index contributed by atoms with van der Waals surface area (Å²) in [6.07, 6.45) is 3.75. The molecule has 0 saturated carbocycles. The molecule has 100 valence electrons. The van der Waals surface area contributed by atoms with E-state index in [1.54, 1.807) is 0 Å². The summed E-state index contributed by atoms with van der Waals surface area (Å²) < 4.78 is 5.82. The Morgan fingerprint density at radius 3 is 2.80 bits per heavy atom. The minimum absolute atomic E-state index is 0.730. The van der Waals surface area contributed by atoms with E-state index in [-0.39, 0.29) is 0 Å².